The van der Waals surface area contributed by atoms with Gasteiger partial charge < -0.3 is 5.32 Å². The summed E-state index contributed by atoms with van der Waals surface area (Å²) in [6.45, 7) is 0. The number of rotatable bonds is 5. The summed E-state index contributed by atoms with van der Waals surface area (Å²) in [5, 5.41) is 12.6. The fraction of sp³-hybridized carbons (Fsp3) is 0.800. The van der Waals surface area contributed by atoms with E-state index in [4.69, 9.17) is 5.26 Å². The largest absolute Gasteiger partial charge is 0.338 e. The standard InChI is InChI=1S/C10H15BrN2O/c11-7-2-1-4-9(14)13-10(8-12)5-3-6-10/h1-7H2,(H,13,14). The van der Waals surface area contributed by atoms with Crippen molar-refractivity contribution in [1.82, 2.24) is 5.32 Å². The van der Waals surface area contributed by atoms with Crippen LogP contribution in [-0.4, -0.2) is 16.8 Å². The third-order valence-electron chi connectivity index (χ3n) is 2.59. The van der Waals surface area contributed by atoms with Crippen LogP contribution in [0.1, 0.15) is 38.5 Å². The van der Waals surface area contributed by atoms with Gasteiger partial charge in [0.05, 0.1) is 6.07 Å². The number of nitrogens with zero attached hydrogens (tertiary/aromatic N) is 1. The lowest BCUT2D eigenvalue weighted by atomic mass is 9.78. The number of carbonyl (C=O) groups excluding carboxylic acids is 1. The zero-order valence-electron chi connectivity index (χ0n) is 8.18. The molecule has 0 spiro atoms. The lowest BCUT2D eigenvalue weighted by molar-refractivity contribution is -0.123. The number of carbonyl (C=O) groups is 1. The van der Waals surface area contributed by atoms with Crippen molar-refractivity contribution in [3.8, 4) is 6.07 Å². The minimum Gasteiger partial charge on any atom is -0.338 e. The number of nitrogens with one attached hydrogen (secondary N) is 1. The van der Waals surface area contributed by atoms with E-state index in [1.165, 1.54) is 0 Å². The van der Waals surface area contributed by atoms with Crippen molar-refractivity contribution in [1.29, 1.82) is 5.26 Å². The minimum atomic E-state index is -0.522. The maximum atomic E-state index is 11.4. The molecule has 78 valence electrons. The molecular formula is C10H15BrN2O. The van der Waals surface area contributed by atoms with Crippen LogP contribution >= 0.6 is 15.9 Å². The van der Waals surface area contributed by atoms with E-state index in [1.54, 1.807) is 0 Å². The third kappa shape index (κ3) is 2.98. The SMILES string of the molecule is N#CC1(NC(=O)CCCCBr)CCC1. The second-order valence-corrected chi connectivity index (χ2v) is 4.53. The van der Waals surface area contributed by atoms with Crippen molar-refractivity contribution in [2.45, 2.75) is 44.1 Å². The normalized spacial score (nSPS) is 18.0. The van der Waals surface area contributed by atoms with Gasteiger partial charge in [0.15, 0.2) is 0 Å². The Balaban J connectivity index is 2.23. The monoisotopic (exact) mass is 258 g/mol. The Hall–Kier alpha value is -0.560. The van der Waals surface area contributed by atoms with Gasteiger partial charge in [0.25, 0.3) is 0 Å². The van der Waals surface area contributed by atoms with Gasteiger partial charge in [-0.05, 0) is 32.1 Å². The maximum absolute atomic E-state index is 11.4. The molecule has 0 radical (unpaired) electrons. The highest BCUT2D eigenvalue weighted by atomic mass is 79.9. The first-order valence-corrected chi connectivity index (χ1v) is 6.13. The molecule has 0 aromatic carbocycles. The second-order valence-electron chi connectivity index (χ2n) is 3.74. The number of alkyl halides is 1. The molecule has 0 atom stereocenters. The van der Waals surface area contributed by atoms with Crippen molar-refractivity contribution in [2.24, 2.45) is 0 Å². The first kappa shape index (κ1) is 11.5. The predicted octanol–water partition coefficient (Wildman–Crippen LogP) is 2.11. The van der Waals surface area contributed by atoms with Crippen LogP contribution in [0.5, 0.6) is 0 Å². The fourth-order valence-electron chi connectivity index (χ4n) is 1.50. The molecule has 4 heteroatoms. The molecule has 3 nitrogen and oxygen atoms in total. The number of halogens is 1. The number of hydrogen-bond donors (Lipinski definition) is 1. The fourth-order valence-corrected chi connectivity index (χ4v) is 1.90. The van der Waals surface area contributed by atoms with Gasteiger partial charge in [-0.25, -0.2) is 0 Å². The Bertz CT molecular complexity index is 243. The van der Waals surface area contributed by atoms with Crippen LogP contribution in [-0.2, 0) is 4.79 Å². The molecule has 0 aromatic rings. The van der Waals surface area contributed by atoms with Crippen LogP contribution in [0, 0.1) is 11.3 Å². The topological polar surface area (TPSA) is 52.9 Å². The van der Waals surface area contributed by atoms with Crippen LogP contribution in [0.15, 0.2) is 0 Å². The molecule has 0 aromatic heterocycles. The Morgan fingerprint density at radius 2 is 2.21 bits per heavy atom. The molecular weight excluding hydrogens is 244 g/mol. The van der Waals surface area contributed by atoms with E-state index in [-0.39, 0.29) is 5.91 Å². The van der Waals surface area contributed by atoms with E-state index in [9.17, 15) is 4.79 Å². The average molecular weight is 259 g/mol. The van der Waals surface area contributed by atoms with E-state index in [0.717, 1.165) is 37.4 Å². The first-order valence-electron chi connectivity index (χ1n) is 5.01. The average Bonchev–Trinajstić information content (AvgIpc) is 2.12. The van der Waals surface area contributed by atoms with Crippen molar-refractivity contribution in [2.75, 3.05) is 5.33 Å². The van der Waals surface area contributed by atoms with Crippen molar-refractivity contribution in [3.63, 3.8) is 0 Å². The highest BCUT2D eigenvalue weighted by Crippen LogP contribution is 2.30. The molecule has 0 bridgehead atoms. The van der Waals surface area contributed by atoms with E-state index in [2.05, 4.69) is 27.3 Å². The molecule has 1 aliphatic carbocycles. The summed E-state index contributed by atoms with van der Waals surface area (Å²) in [5.74, 6) is 0.0206. The van der Waals surface area contributed by atoms with Crippen molar-refractivity contribution < 1.29 is 4.79 Å². The van der Waals surface area contributed by atoms with Crippen molar-refractivity contribution >= 4 is 21.8 Å². The highest BCUT2D eigenvalue weighted by Gasteiger charge is 2.38. The number of amides is 1. The quantitative estimate of drug-likeness (QED) is 0.607. The molecule has 1 amide bonds. The van der Waals surface area contributed by atoms with Gasteiger partial charge in [0, 0.05) is 11.8 Å². The molecule has 14 heavy (non-hydrogen) atoms. The molecule has 1 N–H and O–H groups in total. The summed E-state index contributed by atoms with van der Waals surface area (Å²) in [4.78, 5) is 11.4. The molecule has 0 heterocycles. The van der Waals surface area contributed by atoms with Gasteiger partial charge in [-0.15, -0.1) is 0 Å². The van der Waals surface area contributed by atoms with Crippen LogP contribution in [0.4, 0.5) is 0 Å². The van der Waals surface area contributed by atoms with Gasteiger partial charge in [-0.1, -0.05) is 15.9 Å². The van der Waals surface area contributed by atoms with Crippen LogP contribution in [0.3, 0.4) is 0 Å². The van der Waals surface area contributed by atoms with E-state index in [1.807, 2.05) is 0 Å². The lowest BCUT2D eigenvalue weighted by Gasteiger charge is -2.35. The highest BCUT2D eigenvalue weighted by molar-refractivity contribution is 9.09. The van der Waals surface area contributed by atoms with Gasteiger partial charge in [-0.2, -0.15) is 5.26 Å². The third-order valence-corrected chi connectivity index (χ3v) is 3.15. The Labute approximate surface area is 93.0 Å². The van der Waals surface area contributed by atoms with Crippen LogP contribution < -0.4 is 5.32 Å². The molecule has 1 aliphatic rings. The lowest BCUT2D eigenvalue weighted by Crippen LogP contribution is -2.52. The van der Waals surface area contributed by atoms with Crippen LogP contribution in [0.25, 0.3) is 0 Å². The molecule has 1 fully saturated rings. The summed E-state index contributed by atoms with van der Waals surface area (Å²) in [6, 6.07) is 2.20. The Kier molecular flexibility index (Phi) is 4.40. The minimum absolute atomic E-state index is 0.0206. The number of hydrogen-bond acceptors (Lipinski definition) is 2. The molecule has 1 saturated carbocycles. The Morgan fingerprint density at radius 3 is 2.64 bits per heavy atom. The van der Waals surface area contributed by atoms with Gasteiger partial charge in [0.1, 0.15) is 5.54 Å². The predicted molar refractivity (Wildman–Crippen MR) is 58.0 cm³/mol. The zero-order valence-corrected chi connectivity index (χ0v) is 9.77. The number of unbranched alkanes of at least 4 members (excludes halogenated alkanes) is 1. The van der Waals surface area contributed by atoms with E-state index in [0.29, 0.717) is 6.42 Å². The summed E-state index contributed by atoms with van der Waals surface area (Å²) in [5.41, 5.74) is -0.522. The molecule has 0 saturated heterocycles. The smallest absolute Gasteiger partial charge is 0.221 e. The van der Waals surface area contributed by atoms with Crippen LogP contribution in [0.2, 0.25) is 0 Å². The summed E-state index contributed by atoms with van der Waals surface area (Å²) >= 11 is 3.32. The number of nitriles is 1. The summed E-state index contributed by atoms with van der Waals surface area (Å²) in [6.07, 6.45) is 5.11. The van der Waals surface area contributed by atoms with E-state index >= 15 is 0 Å². The van der Waals surface area contributed by atoms with Gasteiger partial charge >= 0.3 is 0 Å². The Morgan fingerprint density at radius 1 is 1.50 bits per heavy atom. The first-order chi connectivity index (χ1) is 6.72. The second kappa shape index (κ2) is 5.35. The van der Waals surface area contributed by atoms with E-state index < -0.39 is 5.54 Å². The maximum Gasteiger partial charge on any atom is 0.221 e. The molecule has 1 rings (SSSR count). The molecule has 0 aliphatic heterocycles. The molecule has 0 unspecified atom stereocenters. The van der Waals surface area contributed by atoms with Crippen molar-refractivity contribution in [3.05, 3.63) is 0 Å². The zero-order chi connectivity index (χ0) is 10.4. The van der Waals surface area contributed by atoms with Gasteiger partial charge in [0.2, 0.25) is 5.91 Å². The van der Waals surface area contributed by atoms with Gasteiger partial charge in [-0.3, -0.25) is 4.79 Å². The summed E-state index contributed by atoms with van der Waals surface area (Å²) < 4.78 is 0. The summed E-state index contributed by atoms with van der Waals surface area (Å²) in [7, 11) is 0.